The van der Waals surface area contributed by atoms with E-state index in [1.54, 1.807) is 13.8 Å². The van der Waals surface area contributed by atoms with Crippen molar-refractivity contribution in [3.63, 3.8) is 0 Å². The quantitative estimate of drug-likeness (QED) is 0.431. The number of ether oxygens (including phenoxy) is 2. The number of hydrogen-bond donors (Lipinski definition) is 3. The van der Waals surface area contributed by atoms with Gasteiger partial charge in [0.15, 0.2) is 11.2 Å². The highest BCUT2D eigenvalue weighted by atomic mass is 32.1. The van der Waals surface area contributed by atoms with Gasteiger partial charge in [0.05, 0.1) is 11.8 Å². The maximum absolute atomic E-state index is 12.6. The molecule has 3 aromatic rings. The minimum Gasteiger partial charge on any atom is -0.480 e. The summed E-state index contributed by atoms with van der Waals surface area (Å²) in [6.07, 6.45) is -1.42. The van der Waals surface area contributed by atoms with Crippen molar-refractivity contribution in [1.29, 1.82) is 0 Å². The molecule has 1 aliphatic carbocycles. The third-order valence-electron chi connectivity index (χ3n) is 5.95. The minimum absolute atomic E-state index is 0.0803. The number of aliphatic carboxylic acids is 1. The van der Waals surface area contributed by atoms with Gasteiger partial charge in [-0.05, 0) is 36.1 Å². The van der Waals surface area contributed by atoms with E-state index in [-0.39, 0.29) is 22.5 Å². The van der Waals surface area contributed by atoms with Crippen molar-refractivity contribution in [1.82, 2.24) is 10.3 Å². The molecule has 1 aliphatic rings. The van der Waals surface area contributed by atoms with Crippen molar-refractivity contribution in [3.8, 4) is 11.1 Å². The molecule has 0 radical (unpaired) electrons. The molecule has 0 unspecified atom stereocenters. The molecule has 0 bridgehead atoms. The van der Waals surface area contributed by atoms with Gasteiger partial charge in [-0.3, -0.25) is 10.1 Å². The van der Waals surface area contributed by atoms with E-state index >= 15 is 0 Å². The molecule has 0 saturated carbocycles. The van der Waals surface area contributed by atoms with E-state index in [0.29, 0.717) is 5.69 Å². The summed E-state index contributed by atoms with van der Waals surface area (Å²) in [7, 11) is 1.36. The third-order valence-corrected chi connectivity index (χ3v) is 7.02. The molecular formula is C25H25N3O6S. The molecule has 0 aliphatic heterocycles. The Kier molecular flexibility index (Phi) is 7.13. The number of aryl methyl sites for hydroxylation is 1. The molecule has 2 atom stereocenters. The fourth-order valence-corrected chi connectivity index (χ4v) is 4.96. The Labute approximate surface area is 206 Å². The summed E-state index contributed by atoms with van der Waals surface area (Å²) in [5.41, 5.74) is 4.82. The molecule has 3 N–H and O–H groups in total. The predicted molar refractivity (Wildman–Crippen MR) is 131 cm³/mol. The normalized spacial score (nSPS) is 13.9. The van der Waals surface area contributed by atoms with Crippen LogP contribution in [-0.4, -0.2) is 53.9 Å². The van der Waals surface area contributed by atoms with Crippen LogP contribution in [0.5, 0.6) is 0 Å². The number of carboxylic acids is 1. The number of methoxy groups -OCH3 is 1. The lowest BCUT2D eigenvalue weighted by Gasteiger charge is -2.19. The molecule has 1 aromatic heterocycles. The van der Waals surface area contributed by atoms with Gasteiger partial charge >= 0.3 is 12.1 Å². The van der Waals surface area contributed by atoms with E-state index < -0.39 is 30.1 Å². The first kappa shape index (κ1) is 24.4. The molecule has 2 aromatic carbocycles. The molecule has 0 spiro atoms. The molecule has 0 fully saturated rings. The van der Waals surface area contributed by atoms with Gasteiger partial charge < -0.3 is 19.9 Å². The highest BCUT2D eigenvalue weighted by Gasteiger charge is 2.30. The summed E-state index contributed by atoms with van der Waals surface area (Å²) in [6, 6.07) is 14.8. The van der Waals surface area contributed by atoms with E-state index in [9.17, 15) is 19.5 Å². The number of carboxylic acid groups (broad SMARTS) is 1. The monoisotopic (exact) mass is 495 g/mol. The van der Waals surface area contributed by atoms with Crippen LogP contribution < -0.4 is 10.6 Å². The Morgan fingerprint density at radius 1 is 1.09 bits per heavy atom. The van der Waals surface area contributed by atoms with Crippen LogP contribution in [0.3, 0.4) is 0 Å². The smallest absolute Gasteiger partial charge is 0.413 e. The van der Waals surface area contributed by atoms with Crippen molar-refractivity contribution in [2.75, 3.05) is 19.0 Å². The summed E-state index contributed by atoms with van der Waals surface area (Å²) in [4.78, 5) is 41.0. The summed E-state index contributed by atoms with van der Waals surface area (Å²) in [5.74, 6) is -1.91. The Morgan fingerprint density at radius 3 is 2.26 bits per heavy atom. The van der Waals surface area contributed by atoms with Crippen LogP contribution in [0.25, 0.3) is 11.1 Å². The molecule has 1 heterocycles. The number of thiazole rings is 1. The van der Waals surface area contributed by atoms with Gasteiger partial charge in [-0.15, -0.1) is 0 Å². The number of carbonyl (C=O) groups is 3. The van der Waals surface area contributed by atoms with Crippen LogP contribution >= 0.6 is 11.3 Å². The second-order valence-corrected chi connectivity index (χ2v) is 9.11. The number of benzene rings is 2. The van der Waals surface area contributed by atoms with Crippen molar-refractivity contribution < 1.29 is 29.0 Å². The standard InChI is InChI=1S/C25H25N3O6S/c1-13-21(22(29)27-20(23(30)31)14(2)33-3)35-24(26-13)28-25(32)34-12-19-17-10-6-4-8-15(17)16-9-5-7-11-18(16)19/h4-11,14,19-20H,12H2,1-3H3,(H,27,29)(H,30,31)(H,26,28,32)/t14-,20+/m1/s1. The number of nitrogens with one attached hydrogen (secondary N) is 2. The average Bonchev–Trinajstić information content (AvgIpc) is 3.37. The fourth-order valence-electron chi connectivity index (χ4n) is 4.11. The highest BCUT2D eigenvalue weighted by Crippen LogP contribution is 2.44. The van der Waals surface area contributed by atoms with Crippen molar-refractivity contribution >= 4 is 34.4 Å². The van der Waals surface area contributed by atoms with Crippen molar-refractivity contribution in [2.45, 2.75) is 31.9 Å². The molecule has 35 heavy (non-hydrogen) atoms. The number of amides is 2. The highest BCUT2D eigenvalue weighted by molar-refractivity contribution is 7.17. The molecule has 0 saturated heterocycles. The number of hydrogen-bond acceptors (Lipinski definition) is 7. The molecule has 182 valence electrons. The van der Waals surface area contributed by atoms with Crippen molar-refractivity contribution in [2.24, 2.45) is 0 Å². The van der Waals surface area contributed by atoms with E-state index in [2.05, 4.69) is 27.8 Å². The summed E-state index contributed by atoms with van der Waals surface area (Å²) < 4.78 is 10.5. The lowest BCUT2D eigenvalue weighted by Crippen LogP contribution is -2.48. The van der Waals surface area contributed by atoms with Crippen LogP contribution in [0.2, 0.25) is 0 Å². The maximum atomic E-state index is 12.6. The first-order chi connectivity index (χ1) is 16.8. The predicted octanol–water partition coefficient (Wildman–Crippen LogP) is 4.03. The Hall–Kier alpha value is -3.76. The molecule has 9 nitrogen and oxygen atoms in total. The topological polar surface area (TPSA) is 127 Å². The molecule has 4 rings (SSSR count). The number of anilines is 1. The average molecular weight is 496 g/mol. The minimum atomic E-state index is -1.23. The zero-order chi connectivity index (χ0) is 25.1. The van der Waals surface area contributed by atoms with Gasteiger partial charge in [-0.1, -0.05) is 59.9 Å². The van der Waals surface area contributed by atoms with E-state index in [1.807, 2.05) is 36.4 Å². The van der Waals surface area contributed by atoms with Gasteiger partial charge in [-0.25, -0.2) is 14.6 Å². The second-order valence-electron chi connectivity index (χ2n) is 8.11. The van der Waals surface area contributed by atoms with Crippen LogP contribution in [0.15, 0.2) is 48.5 Å². The van der Waals surface area contributed by atoms with Gasteiger partial charge in [0.25, 0.3) is 5.91 Å². The Morgan fingerprint density at radius 2 is 1.69 bits per heavy atom. The first-order valence-electron chi connectivity index (χ1n) is 11.0. The van der Waals surface area contributed by atoms with Gasteiger partial charge in [0, 0.05) is 13.0 Å². The van der Waals surface area contributed by atoms with Crippen LogP contribution in [0.4, 0.5) is 9.93 Å². The van der Waals surface area contributed by atoms with Crippen molar-refractivity contribution in [3.05, 3.63) is 70.2 Å². The Bertz CT molecular complexity index is 1230. The second kappa shape index (κ2) is 10.2. The Balaban J connectivity index is 1.41. The van der Waals surface area contributed by atoms with Crippen LogP contribution in [0.1, 0.15) is 39.3 Å². The number of rotatable bonds is 8. The SMILES string of the molecule is CO[C@H](C)[C@H](NC(=O)c1sc(NC(=O)OCC2c3ccccc3-c3ccccc32)nc1C)C(=O)O. The summed E-state index contributed by atoms with van der Waals surface area (Å²) >= 11 is 0.935. The summed E-state index contributed by atoms with van der Waals surface area (Å²) in [5, 5.41) is 14.5. The van der Waals surface area contributed by atoms with E-state index in [4.69, 9.17) is 9.47 Å². The summed E-state index contributed by atoms with van der Waals surface area (Å²) in [6.45, 7) is 3.29. The number of aromatic nitrogens is 1. The fraction of sp³-hybridized carbons (Fsp3) is 0.280. The van der Waals surface area contributed by atoms with E-state index in [1.165, 1.54) is 7.11 Å². The van der Waals surface area contributed by atoms with Crippen LogP contribution in [0, 0.1) is 6.92 Å². The van der Waals surface area contributed by atoms with Gasteiger partial charge in [0.1, 0.15) is 11.5 Å². The molecule has 2 amide bonds. The van der Waals surface area contributed by atoms with Gasteiger partial charge in [0.2, 0.25) is 0 Å². The lowest BCUT2D eigenvalue weighted by molar-refractivity contribution is -0.142. The number of carbonyl (C=O) groups excluding carboxylic acids is 2. The molecule has 10 heteroatoms. The molecular weight excluding hydrogens is 470 g/mol. The number of nitrogens with zero attached hydrogens (tertiary/aromatic N) is 1. The lowest BCUT2D eigenvalue weighted by atomic mass is 9.98. The first-order valence-corrected chi connectivity index (χ1v) is 11.8. The zero-order valence-electron chi connectivity index (χ0n) is 19.4. The van der Waals surface area contributed by atoms with Gasteiger partial charge in [-0.2, -0.15) is 0 Å². The number of fused-ring (bicyclic) bond motifs is 3. The van der Waals surface area contributed by atoms with Crippen LogP contribution in [-0.2, 0) is 14.3 Å². The van der Waals surface area contributed by atoms with E-state index in [0.717, 1.165) is 33.6 Å². The third kappa shape index (κ3) is 5.03. The zero-order valence-corrected chi connectivity index (χ0v) is 20.2. The maximum Gasteiger partial charge on any atom is 0.413 e. The largest absolute Gasteiger partial charge is 0.480 e.